The maximum atomic E-state index is 13.7. The normalized spacial score (nSPS) is 23.7. The minimum Gasteiger partial charge on any atom is -0.490 e. The van der Waals surface area contributed by atoms with Crippen molar-refractivity contribution in [3.63, 3.8) is 0 Å². The van der Waals surface area contributed by atoms with Gasteiger partial charge in [-0.25, -0.2) is 4.79 Å². The van der Waals surface area contributed by atoms with Crippen LogP contribution in [-0.4, -0.2) is 54.8 Å². The fourth-order valence-electron chi connectivity index (χ4n) is 6.31. The first-order chi connectivity index (χ1) is 19.3. The lowest BCUT2D eigenvalue weighted by molar-refractivity contribution is 0.0343. The van der Waals surface area contributed by atoms with Gasteiger partial charge >= 0.3 is 6.03 Å². The largest absolute Gasteiger partial charge is 0.490 e. The van der Waals surface area contributed by atoms with Crippen molar-refractivity contribution in [3.05, 3.63) is 83.4 Å². The minimum atomic E-state index is -0.942. The van der Waals surface area contributed by atoms with Gasteiger partial charge in [0.2, 0.25) is 0 Å². The number of urea groups is 1. The number of nitrogens with zero attached hydrogens (tertiary/aromatic N) is 3. The number of hydrogen-bond acceptors (Lipinski definition) is 5. The van der Waals surface area contributed by atoms with Gasteiger partial charge in [0.05, 0.1) is 18.3 Å². The highest BCUT2D eigenvalue weighted by atomic mass is 16.5. The predicted octanol–water partition coefficient (Wildman–Crippen LogP) is 5.51. The molecule has 2 fully saturated rings. The minimum absolute atomic E-state index is 0.0356. The second-order valence-electron chi connectivity index (χ2n) is 11.1. The van der Waals surface area contributed by atoms with Gasteiger partial charge < -0.3 is 24.6 Å². The number of aryl methyl sites for hydroxylation is 1. The summed E-state index contributed by atoms with van der Waals surface area (Å²) in [7, 11) is 0. The third kappa shape index (κ3) is 4.51. The summed E-state index contributed by atoms with van der Waals surface area (Å²) in [6, 6.07) is 21.3. The molecule has 3 aromatic carbocycles. The Morgan fingerprint density at radius 3 is 2.62 bits per heavy atom. The van der Waals surface area contributed by atoms with Crippen molar-refractivity contribution in [3.8, 4) is 11.5 Å². The Hall–Kier alpha value is -4.20. The predicted molar refractivity (Wildman–Crippen MR) is 155 cm³/mol. The Kier molecular flexibility index (Phi) is 6.56. The van der Waals surface area contributed by atoms with E-state index < -0.39 is 5.72 Å². The number of anilines is 2. The van der Waals surface area contributed by atoms with Crippen molar-refractivity contribution in [1.82, 2.24) is 10.2 Å². The Labute approximate surface area is 235 Å². The van der Waals surface area contributed by atoms with Crippen LogP contribution < -0.4 is 24.6 Å². The topological polar surface area (TPSA) is 74.3 Å². The number of hydrogen-bond donors (Lipinski definition) is 1. The zero-order chi connectivity index (χ0) is 28.0. The first-order valence-corrected chi connectivity index (χ1v) is 14.1. The number of para-hydroxylation sites is 1. The van der Waals surface area contributed by atoms with Gasteiger partial charge in [-0.3, -0.25) is 9.69 Å². The molecule has 1 N–H and O–H groups in total. The lowest BCUT2D eigenvalue weighted by Gasteiger charge is -2.50. The van der Waals surface area contributed by atoms with Crippen LogP contribution in [0.15, 0.2) is 66.7 Å². The maximum Gasteiger partial charge on any atom is 0.325 e. The van der Waals surface area contributed by atoms with E-state index in [2.05, 4.69) is 48.3 Å². The number of carbonyl (C=O) groups excluding carboxylic acids is 2. The molecule has 0 unspecified atom stereocenters. The van der Waals surface area contributed by atoms with Crippen LogP contribution in [0.5, 0.6) is 11.5 Å². The summed E-state index contributed by atoms with van der Waals surface area (Å²) in [5, 5.41) is 3.14. The molecule has 0 aliphatic carbocycles. The molecule has 0 radical (unpaired) electrons. The molecule has 2 saturated heterocycles. The molecule has 8 nitrogen and oxygen atoms in total. The lowest BCUT2D eigenvalue weighted by atomic mass is 9.89. The van der Waals surface area contributed by atoms with Gasteiger partial charge in [0, 0.05) is 48.9 Å². The van der Waals surface area contributed by atoms with Crippen LogP contribution >= 0.6 is 0 Å². The molecule has 2 bridgehead atoms. The van der Waals surface area contributed by atoms with E-state index in [0.717, 1.165) is 12.1 Å². The summed E-state index contributed by atoms with van der Waals surface area (Å²) in [6.45, 7) is 10.6. The molecule has 0 spiro atoms. The maximum absolute atomic E-state index is 13.7. The molecular weight excluding hydrogens is 504 g/mol. The molecule has 3 aromatic rings. The lowest BCUT2D eigenvalue weighted by Crippen LogP contribution is -2.65. The Morgan fingerprint density at radius 2 is 1.85 bits per heavy atom. The summed E-state index contributed by atoms with van der Waals surface area (Å²) in [4.78, 5) is 33.0. The quantitative estimate of drug-likeness (QED) is 0.462. The second kappa shape index (κ2) is 10.1. The van der Waals surface area contributed by atoms with Gasteiger partial charge in [-0.05, 0) is 69.7 Å². The van der Waals surface area contributed by atoms with Crippen LogP contribution in [0.2, 0.25) is 0 Å². The van der Waals surface area contributed by atoms with Crippen molar-refractivity contribution in [1.29, 1.82) is 0 Å². The summed E-state index contributed by atoms with van der Waals surface area (Å²) < 4.78 is 12.4. The van der Waals surface area contributed by atoms with Crippen molar-refractivity contribution in [2.24, 2.45) is 0 Å². The monoisotopic (exact) mass is 540 g/mol. The number of fused-ring (bicyclic) bond motifs is 4. The van der Waals surface area contributed by atoms with Crippen LogP contribution in [0.25, 0.3) is 0 Å². The second-order valence-corrected chi connectivity index (χ2v) is 11.1. The van der Waals surface area contributed by atoms with Crippen molar-refractivity contribution >= 4 is 23.3 Å². The van der Waals surface area contributed by atoms with Gasteiger partial charge in [0.1, 0.15) is 0 Å². The summed E-state index contributed by atoms with van der Waals surface area (Å²) in [5.41, 5.74) is 3.56. The third-order valence-corrected chi connectivity index (χ3v) is 8.16. The molecule has 0 saturated carbocycles. The first-order valence-electron chi connectivity index (χ1n) is 14.1. The van der Waals surface area contributed by atoms with Crippen molar-refractivity contribution in [2.75, 3.05) is 36.0 Å². The average Bonchev–Trinajstić information content (AvgIpc) is 2.93. The Balaban J connectivity index is 1.24. The molecular formula is C32H36N4O4. The highest BCUT2D eigenvalue weighted by Crippen LogP contribution is 2.49. The van der Waals surface area contributed by atoms with Crippen molar-refractivity contribution < 1.29 is 19.1 Å². The molecule has 3 amide bonds. The Bertz CT molecular complexity index is 1460. The first kappa shape index (κ1) is 26.0. The fourth-order valence-corrected chi connectivity index (χ4v) is 6.31. The number of benzene rings is 3. The highest BCUT2D eigenvalue weighted by molar-refractivity contribution is 5.99. The smallest absolute Gasteiger partial charge is 0.325 e. The van der Waals surface area contributed by atoms with Gasteiger partial charge in [0.15, 0.2) is 17.2 Å². The van der Waals surface area contributed by atoms with E-state index in [1.165, 1.54) is 11.3 Å². The van der Waals surface area contributed by atoms with Gasteiger partial charge in [-0.2, -0.15) is 0 Å². The zero-order valence-electron chi connectivity index (χ0n) is 23.5. The molecule has 3 aliphatic heterocycles. The summed E-state index contributed by atoms with van der Waals surface area (Å²) in [5.74, 6) is 1.28. The molecule has 6 rings (SSSR count). The standard InChI is InChI=1S/C32H36N4O4/c1-5-39-28-14-8-13-26-27-19-32(4,40-29(26)28)36(31(38)33-27)25-12-7-10-23(18-25)30(37)34-15-16-35(22(3)20-34)24-11-6-9-21(2)17-24/h6-14,17-18,22,27H,5,15-16,19-20H2,1-4H3,(H,33,38)/t22-,27-,32+/m1/s1. The summed E-state index contributed by atoms with van der Waals surface area (Å²) >= 11 is 0. The van der Waals surface area contributed by atoms with E-state index in [1.807, 2.05) is 55.1 Å². The highest BCUT2D eigenvalue weighted by Gasteiger charge is 2.50. The molecule has 0 aromatic heterocycles. The van der Waals surface area contributed by atoms with Crippen LogP contribution in [0.1, 0.15) is 54.7 Å². The average molecular weight is 541 g/mol. The number of amides is 3. The Morgan fingerprint density at radius 1 is 1.07 bits per heavy atom. The van der Waals surface area contributed by atoms with Gasteiger partial charge in [-0.15, -0.1) is 0 Å². The third-order valence-electron chi connectivity index (χ3n) is 8.16. The van der Waals surface area contributed by atoms with E-state index >= 15 is 0 Å². The number of nitrogens with one attached hydrogen (secondary N) is 1. The number of carbonyl (C=O) groups is 2. The van der Waals surface area contributed by atoms with Crippen LogP contribution in [0.3, 0.4) is 0 Å². The number of rotatable bonds is 5. The molecule has 8 heteroatoms. The van der Waals surface area contributed by atoms with E-state index in [1.54, 1.807) is 11.0 Å². The molecule has 208 valence electrons. The molecule has 3 atom stereocenters. The fraction of sp³-hybridized carbons (Fsp3) is 0.375. The van der Waals surface area contributed by atoms with Crippen molar-refractivity contribution in [2.45, 2.75) is 51.9 Å². The zero-order valence-corrected chi connectivity index (χ0v) is 23.5. The van der Waals surface area contributed by atoms with Gasteiger partial charge in [0.25, 0.3) is 5.91 Å². The van der Waals surface area contributed by atoms with E-state index in [0.29, 0.717) is 48.9 Å². The number of ether oxygens (including phenoxy) is 2. The van der Waals surface area contributed by atoms with Crippen LogP contribution in [0.4, 0.5) is 16.2 Å². The van der Waals surface area contributed by atoms with E-state index in [9.17, 15) is 9.59 Å². The molecule has 3 heterocycles. The summed E-state index contributed by atoms with van der Waals surface area (Å²) in [6.07, 6.45) is 0.567. The number of piperazine rings is 1. The van der Waals surface area contributed by atoms with E-state index in [-0.39, 0.29) is 24.0 Å². The van der Waals surface area contributed by atoms with Gasteiger partial charge in [-0.1, -0.05) is 30.3 Å². The van der Waals surface area contributed by atoms with Crippen LogP contribution in [0, 0.1) is 6.92 Å². The molecule has 40 heavy (non-hydrogen) atoms. The SMILES string of the molecule is CCOc1cccc2c1O[C@@]1(C)C[C@H]2NC(=O)N1c1cccc(C(=O)N2CCN(c3cccc(C)c3)[C@H](C)C2)c1. The van der Waals surface area contributed by atoms with Crippen LogP contribution in [-0.2, 0) is 0 Å². The van der Waals surface area contributed by atoms with E-state index in [4.69, 9.17) is 9.47 Å². The molecule has 3 aliphatic rings.